The molecular formula is C21H21N3O3S. The van der Waals surface area contributed by atoms with Gasteiger partial charge in [0.15, 0.2) is 0 Å². The van der Waals surface area contributed by atoms with Crippen molar-refractivity contribution in [3.05, 3.63) is 70.4 Å². The summed E-state index contributed by atoms with van der Waals surface area (Å²) in [7, 11) is 0.605. The van der Waals surface area contributed by atoms with Crippen LogP contribution in [0.4, 0.5) is 5.82 Å². The average Bonchev–Trinajstić information content (AvgIpc) is 3.19. The fourth-order valence-corrected chi connectivity index (χ4v) is 4.66. The molecule has 2 heterocycles. The normalized spacial score (nSPS) is 15.3. The number of hydrogen-bond acceptors (Lipinski definition) is 4. The van der Waals surface area contributed by atoms with Gasteiger partial charge in [-0.3, -0.25) is 9.00 Å². The largest absolute Gasteiger partial charge is 0.497 e. The zero-order valence-corrected chi connectivity index (χ0v) is 16.8. The van der Waals surface area contributed by atoms with E-state index < -0.39 is 10.8 Å². The van der Waals surface area contributed by atoms with Gasteiger partial charge < -0.3 is 10.1 Å². The van der Waals surface area contributed by atoms with Gasteiger partial charge in [0, 0.05) is 21.9 Å². The predicted octanol–water partition coefficient (Wildman–Crippen LogP) is 3.51. The first-order chi connectivity index (χ1) is 13.5. The Morgan fingerprint density at radius 2 is 1.89 bits per heavy atom. The summed E-state index contributed by atoms with van der Waals surface area (Å²) >= 11 is 0. The van der Waals surface area contributed by atoms with Crippen LogP contribution in [0.5, 0.6) is 5.75 Å². The molecule has 144 valence electrons. The zero-order chi connectivity index (χ0) is 19.8. The van der Waals surface area contributed by atoms with E-state index in [0.717, 1.165) is 28.1 Å². The number of aryl methyl sites for hydroxylation is 2. The van der Waals surface area contributed by atoms with Crippen molar-refractivity contribution in [2.24, 2.45) is 0 Å². The van der Waals surface area contributed by atoms with Crippen molar-refractivity contribution in [1.82, 2.24) is 9.78 Å². The van der Waals surface area contributed by atoms with Gasteiger partial charge >= 0.3 is 0 Å². The molecular weight excluding hydrogens is 374 g/mol. The van der Waals surface area contributed by atoms with E-state index in [2.05, 4.69) is 16.5 Å². The van der Waals surface area contributed by atoms with Gasteiger partial charge in [0.25, 0.3) is 5.91 Å². The molecule has 0 unspecified atom stereocenters. The molecule has 1 atom stereocenters. The van der Waals surface area contributed by atoms with Crippen molar-refractivity contribution in [3.63, 3.8) is 0 Å². The van der Waals surface area contributed by atoms with E-state index in [0.29, 0.717) is 28.6 Å². The Labute approximate surface area is 166 Å². The first-order valence-electron chi connectivity index (χ1n) is 8.95. The van der Waals surface area contributed by atoms with E-state index in [4.69, 9.17) is 4.74 Å². The van der Waals surface area contributed by atoms with Crippen LogP contribution in [-0.2, 0) is 22.3 Å². The van der Waals surface area contributed by atoms with Gasteiger partial charge in [0.05, 0.1) is 30.0 Å². The van der Waals surface area contributed by atoms with Crippen LogP contribution in [0.1, 0.15) is 32.7 Å². The van der Waals surface area contributed by atoms with Gasteiger partial charge in [0.2, 0.25) is 0 Å². The van der Waals surface area contributed by atoms with Crippen LogP contribution in [0.3, 0.4) is 0 Å². The summed E-state index contributed by atoms with van der Waals surface area (Å²) in [5, 5.41) is 7.66. The third-order valence-electron chi connectivity index (χ3n) is 4.83. The molecule has 7 heteroatoms. The number of nitrogens with zero attached hydrogens (tertiary/aromatic N) is 2. The van der Waals surface area contributed by atoms with Gasteiger partial charge in [-0.1, -0.05) is 17.7 Å². The number of benzene rings is 2. The lowest BCUT2D eigenvalue weighted by Gasteiger charge is -2.13. The molecule has 2 aromatic carbocycles. The lowest BCUT2D eigenvalue weighted by Crippen LogP contribution is -2.17. The predicted molar refractivity (Wildman–Crippen MR) is 110 cm³/mol. The molecule has 1 aliphatic rings. The SMILES string of the molecule is COc1ccc(C(=O)Nc2c3c(nn2-c2ccc(C)cc2C)C[S@](=O)C3)cc1. The standard InChI is InChI=1S/C21H21N3O3S/c1-13-4-9-19(14(2)10-13)24-20(17-11-28(26)12-18(17)23-24)22-21(25)15-5-7-16(27-3)8-6-15/h4-10H,11-12H2,1-3H3,(H,22,25)/t28-/m1/s1. The molecule has 0 fully saturated rings. The molecule has 1 aliphatic heterocycles. The summed E-state index contributed by atoms with van der Waals surface area (Å²) in [5.41, 5.74) is 5.26. The second kappa shape index (κ2) is 7.24. The Balaban J connectivity index is 1.74. The minimum Gasteiger partial charge on any atom is -0.497 e. The molecule has 0 bridgehead atoms. The Kier molecular flexibility index (Phi) is 4.77. The first-order valence-corrected chi connectivity index (χ1v) is 10.4. The number of nitrogens with one attached hydrogen (secondary N) is 1. The molecule has 1 amide bonds. The highest BCUT2D eigenvalue weighted by atomic mass is 32.2. The molecule has 1 N–H and O–H groups in total. The van der Waals surface area contributed by atoms with Gasteiger partial charge in [-0.15, -0.1) is 0 Å². The number of hydrogen-bond donors (Lipinski definition) is 1. The second-order valence-corrected chi connectivity index (χ2v) is 8.34. The maximum atomic E-state index is 12.8. The van der Waals surface area contributed by atoms with Crippen LogP contribution >= 0.6 is 0 Å². The summed E-state index contributed by atoms with van der Waals surface area (Å²) in [5.74, 6) is 1.85. The lowest BCUT2D eigenvalue weighted by atomic mass is 10.1. The Morgan fingerprint density at radius 3 is 2.57 bits per heavy atom. The van der Waals surface area contributed by atoms with Crippen LogP contribution in [0.25, 0.3) is 5.69 Å². The zero-order valence-electron chi connectivity index (χ0n) is 16.0. The highest BCUT2D eigenvalue weighted by molar-refractivity contribution is 7.83. The molecule has 6 nitrogen and oxygen atoms in total. The topological polar surface area (TPSA) is 73.2 Å². The van der Waals surface area contributed by atoms with Crippen LogP contribution in [0, 0.1) is 13.8 Å². The molecule has 1 aromatic heterocycles. The number of fused-ring (bicyclic) bond motifs is 1. The third-order valence-corrected chi connectivity index (χ3v) is 6.04. The van der Waals surface area contributed by atoms with E-state index in [9.17, 15) is 9.00 Å². The number of anilines is 1. The number of rotatable bonds is 4. The number of carbonyl (C=O) groups excluding carboxylic acids is 1. The first kappa shape index (κ1) is 18.4. The van der Waals surface area contributed by atoms with Crippen molar-refractivity contribution < 1.29 is 13.7 Å². The van der Waals surface area contributed by atoms with Crippen LogP contribution in [-0.4, -0.2) is 27.0 Å². The number of methoxy groups -OCH3 is 1. The minimum absolute atomic E-state index is 0.242. The maximum absolute atomic E-state index is 12.8. The molecule has 0 saturated heterocycles. The highest BCUT2D eigenvalue weighted by Gasteiger charge is 2.28. The van der Waals surface area contributed by atoms with Gasteiger partial charge in [-0.25, -0.2) is 4.68 Å². The number of aromatic nitrogens is 2. The molecule has 4 rings (SSSR count). The van der Waals surface area contributed by atoms with Gasteiger partial charge in [-0.2, -0.15) is 5.10 Å². The van der Waals surface area contributed by atoms with Gasteiger partial charge in [0.1, 0.15) is 11.6 Å². The molecule has 0 spiro atoms. The maximum Gasteiger partial charge on any atom is 0.256 e. The average molecular weight is 395 g/mol. The number of ether oxygens (including phenoxy) is 1. The van der Waals surface area contributed by atoms with Crippen molar-refractivity contribution >= 4 is 22.5 Å². The molecule has 3 aromatic rings. The smallest absolute Gasteiger partial charge is 0.256 e. The summed E-state index contributed by atoms with van der Waals surface area (Å²) in [6.07, 6.45) is 0. The van der Waals surface area contributed by atoms with Crippen molar-refractivity contribution in [2.45, 2.75) is 25.4 Å². The van der Waals surface area contributed by atoms with Crippen molar-refractivity contribution in [3.8, 4) is 11.4 Å². The van der Waals surface area contributed by atoms with E-state index in [1.807, 2.05) is 26.0 Å². The quantitative estimate of drug-likeness (QED) is 0.734. The fraction of sp³-hybridized carbons (Fsp3) is 0.238. The van der Waals surface area contributed by atoms with Crippen molar-refractivity contribution in [1.29, 1.82) is 0 Å². The third kappa shape index (κ3) is 3.33. The summed E-state index contributed by atoms with van der Waals surface area (Å²) < 4.78 is 18.9. The number of amides is 1. The second-order valence-electron chi connectivity index (χ2n) is 6.89. The molecule has 0 saturated carbocycles. The van der Waals surface area contributed by atoms with E-state index in [1.165, 1.54) is 0 Å². The van der Waals surface area contributed by atoms with Crippen LogP contribution in [0.15, 0.2) is 42.5 Å². The monoisotopic (exact) mass is 395 g/mol. The summed E-state index contributed by atoms with van der Waals surface area (Å²) in [6.45, 7) is 4.05. The highest BCUT2D eigenvalue weighted by Crippen LogP contribution is 2.32. The summed E-state index contributed by atoms with van der Waals surface area (Å²) in [4.78, 5) is 12.8. The van der Waals surface area contributed by atoms with E-state index >= 15 is 0 Å². The van der Waals surface area contributed by atoms with Crippen molar-refractivity contribution in [2.75, 3.05) is 12.4 Å². The van der Waals surface area contributed by atoms with Crippen LogP contribution < -0.4 is 10.1 Å². The minimum atomic E-state index is -0.980. The molecule has 28 heavy (non-hydrogen) atoms. The van der Waals surface area contributed by atoms with E-state index in [-0.39, 0.29) is 5.91 Å². The summed E-state index contributed by atoms with van der Waals surface area (Å²) in [6, 6.07) is 13.0. The Morgan fingerprint density at radius 1 is 1.14 bits per heavy atom. The Hall–Kier alpha value is -2.93. The number of carbonyl (C=O) groups is 1. The fourth-order valence-electron chi connectivity index (χ4n) is 3.40. The molecule has 0 aliphatic carbocycles. The van der Waals surface area contributed by atoms with Gasteiger partial charge in [-0.05, 0) is 49.7 Å². The Bertz CT molecular complexity index is 1090. The van der Waals surface area contributed by atoms with Crippen LogP contribution in [0.2, 0.25) is 0 Å². The molecule has 0 radical (unpaired) electrons. The lowest BCUT2D eigenvalue weighted by molar-refractivity contribution is 0.102. The van der Waals surface area contributed by atoms with E-state index in [1.54, 1.807) is 36.1 Å².